The molecule has 4 nitrogen and oxygen atoms in total. The van der Waals surface area contributed by atoms with Crippen LogP contribution >= 0.6 is 12.6 Å². The lowest BCUT2D eigenvalue weighted by atomic mass is 9.92. The van der Waals surface area contributed by atoms with Crippen molar-refractivity contribution in [3.05, 3.63) is 0 Å². The van der Waals surface area contributed by atoms with E-state index in [2.05, 4.69) is 17.9 Å². The van der Waals surface area contributed by atoms with Gasteiger partial charge in [-0.1, -0.05) is 0 Å². The van der Waals surface area contributed by atoms with Gasteiger partial charge in [0.2, 0.25) is 5.91 Å². The van der Waals surface area contributed by atoms with E-state index in [0.29, 0.717) is 12.2 Å². The molecule has 0 aromatic heterocycles. The second kappa shape index (κ2) is 5.58. The Morgan fingerprint density at radius 2 is 2.20 bits per heavy atom. The van der Waals surface area contributed by atoms with E-state index in [4.69, 9.17) is 10.0 Å². The molecule has 0 saturated carbocycles. The summed E-state index contributed by atoms with van der Waals surface area (Å²) in [6, 6.07) is 0. The number of rotatable bonds is 4. The Bertz CT molecular complexity index is 111. The van der Waals surface area contributed by atoms with Gasteiger partial charge in [0, 0.05) is 6.42 Å². The summed E-state index contributed by atoms with van der Waals surface area (Å²) in [4.78, 5) is 10.6. The molecule has 1 amide bonds. The number of hydrogen-bond donors (Lipinski definition) is 4. The topological polar surface area (TPSA) is 69.6 Å². The molecule has 0 atom stereocenters. The van der Waals surface area contributed by atoms with Crippen molar-refractivity contribution in [1.29, 1.82) is 0 Å². The smallest absolute Gasteiger partial charge is 0.426 e. The molecule has 0 aliphatic rings. The van der Waals surface area contributed by atoms with E-state index in [9.17, 15) is 4.79 Å². The van der Waals surface area contributed by atoms with E-state index in [-0.39, 0.29) is 12.4 Å². The molecular weight excluding hydrogens is 153 g/mol. The molecule has 0 aliphatic heterocycles. The molecule has 10 heavy (non-hydrogen) atoms. The third-order valence-electron chi connectivity index (χ3n) is 0.821. The molecule has 0 unspecified atom stereocenters. The molecule has 0 saturated heterocycles. The Morgan fingerprint density at radius 1 is 1.60 bits per heavy atom. The molecule has 3 N–H and O–H groups in total. The van der Waals surface area contributed by atoms with Crippen LogP contribution in [0.25, 0.3) is 0 Å². The van der Waals surface area contributed by atoms with E-state index in [1.165, 1.54) is 0 Å². The van der Waals surface area contributed by atoms with Gasteiger partial charge in [-0.25, -0.2) is 0 Å². The first-order valence-corrected chi connectivity index (χ1v) is 3.53. The summed E-state index contributed by atoms with van der Waals surface area (Å²) < 4.78 is 0. The summed E-state index contributed by atoms with van der Waals surface area (Å²) in [6.07, 6.45) is 0.183. The molecule has 0 radical (unpaired) electrons. The Hall–Kier alpha value is -0.195. The van der Waals surface area contributed by atoms with Gasteiger partial charge in [0.15, 0.2) is 0 Å². The predicted molar refractivity (Wildman–Crippen MR) is 41.7 cm³/mol. The van der Waals surface area contributed by atoms with Crippen LogP contribution in [0.15, 0.2) is 0 Å². The van der Waals surface area contributed by atoms with Gasteiger partial charge in [-0.2, -0.15) is 12.6 Å². The summed E-state index contributed by atoms with van der Waals surface area (Å²) >= 11 is 3.82. The first kappa shape index (κ1) is 9.80. The lowest BCUT2D eigenvalue weighted by Gasteiger charge is -2.00. The quantitative estimate of drug-likeness (QED) is 0.299. The lowest BCUT2D eigenvalue weighted by molar-refractivity contribution is -0.120. The minimum absolute atomic E-state index is 0.118. The van der Waals surface area contributed by atoms with Crippen molar-refractivity contribution in [3.63, 3.8) is 0 Å². The Morgan fingerprint density at radius 3 is 2.60 bits per heavy atom. The molecular formula is C4H10BNO3S. The predicted octanol–water partition coefficient (Wildman–Crippen LogP) is -1.57. The third-order valence-corrected chi connectivity index (χ3v) is 1.04. The molecule has 58 valence electrons. The third kappa shape index (κ3) is 5.93. The van der Waals surface area contributed by atoms with Gasteiger partial charge >= 0.3 is 7.12 Å². The molecule has 0 heterocycles. The lowest BCUT2D eigenvalue weighted by Crippen LogP contribution is -2.35. The molecule has 0 rings (SSSR count). The van der Waals surface area contributed by atoms with Crippen molar-refractivity contribution in [2.24, 2.45) is 0 Å². The number of hydrogen-bond acceptors (Lipinski definition) is 4. The maximum atomic E-state index is 10.6. The van der Waals surface area contributed by atoms with Crippen molar-refractivity contribution in [2.75, 3.05) is 12.2 Å². The highest BCUT2D eigenvalue weighted by molar-refractivity contribution is 7.80. The number of amides is 1. The first-order chi connectivity index (χ1) is 4.66. The van der Waals surface area contributed by atoms with Crippen LogP contribution < -0.4 is 5.32 Å². The highest BCUT2D eigenvalue weighted by atomic mass is 32.1. The fraction of sp³-hybridized carbons (Fsp3) is 0.750. The summed E-state index contributed by atoms with van der Waals surface area (Å²) in [5.74, 6) is 0.246. The number of nitrogens with one attached hydrogen (secondary N) is 1. The normalized spacial score (nSPS) is 9.10. The van der Waals surface area contributed by atoms with Gasteiger partial charge < -0.3 is 15.4 Å². The van der Waals surface area contributed by atoms with Gasteiger partial charge in [0.1, 0.15) is 0 Å². The summed E-state index contributed by atoms with van der Waals surface area (Å²) in [7, 11) is -1.47. The minimum atomic E-state index is -1.47. The van der Waals surface area contributed by atoms with Crippen LogP contribution in [0, 0.1) is 0 Å². The summed E-state index contributed by atoms with van der Waals surface area (Å²) in [5, 5.41) is 18.9. The van der Waals surface area contributed by atoms with Crippen LogP contribution in [-0.4, -0.2) is 35.3 Å². The van der Waals surface area contributed by atoms with E-state index in [1.807, 2.05) is 0 Å². The second-order valence-electron chi connectivity index (χ2n) is 1.76. The van der Waals surface area contributed by atoms with Crippen LogP contribution in [0.4, 0.5) is 0 Å². The Balaban J connectivity index is 3.22. The maximum Gasteiger partial charge on any atom is 0.472 e. The van der Waals surface area contributed by atoms with Crippen LogP contribution in [0.3, 0.4) is 0 Å². The molecule has 0 aromatic rings. The van der Waals surface area contributed by atoms with Gasteiger partial charge in [-0.15, -0.1) is 0 Å². The Kier molecular flexibility index (Phi) is 5.47. The average Bonchev–Trinajstić information content (AvgIpc) is 1.85. The number of carbonyl (C=O) groups excluding carboxylic acids is 1. The SMILES string of the molecule is O=C(CCS)NCB(O)O. The van der Waals surface area contributed by atoms with Crippen molar-refractivity contribution < 1.29 is 14.8 Å². The van der Waals surface area contributed by atoms with E-state index >= 15 is 0 Å². The zero-order chi connectivity index (χ0) is 7.98. The molecule has 0 bridgehead atoms. The highest BCUT2D eigenvalue weighted by Gasteiger charge is 2.07. The zero-order valence-corrected chi connectivity index (χ0v) is 6.34. The number of thiol groups is 1. The van der Waals surface area contributed by atoms with Gasteiger partial charge in [-0.3, -0.25) is 4.79 Å². The van der Waals surface area contributed by atoms with E-state index in [0.717, 1.165) is 0 Å². The highest BCUT2D eigenvalue weighted by Crippen LogP contribution is 1.82. The van der Waals surface area contributed by atoms with Crippen molar-refractivity contribution in [3.8, 4) is 0 Å². The van der Waals surface area contributed by atoms with Crippen molar-refractivity contribution in [1.82, 2.24) is 5.32 Å². The van der Waals surface area contributed by atoms with Gasteiger partial charge in [0.05, 0.1) is 6.44 Å². The van der Waals surface area contributed by atoms with Crippen LogP contribution in [0.5, 0.6) is 0 Å². The standard InChI is InChI=1S/C4H10BNO3S/c7-4(1-2-10)6-3-5(8)9/h8-10H,1-3H2,(H,6,7). The van der Waals surface area contributed by atoms with Crippen LogP contribution in [0.2, 0.25) is 0 Å². The molecule has 0 aliphatic carbocycles. The van der Waals surface area contributed by atoms with Crippen molar-refractivity contribution in [2.45, 2.75) is 6.42 Å². The average molecular weight is 163 g/mol. The van der Waals surface area contributed by atoms with Crippen molar-refractivity contribution >= 4 is 25.7 Å². The van der Waals surface area contributed by atoms with Crippen LogP contribution in [-0.2, 0) is 4.79 Å². The molecule has 6 heteroatoms. The fourth-order valence-electron chi connectivity index (χ4n) is 0.395. The van der Waals surface area contributed by atoms with Gasteiger partial charge in [-0.05, 0) is 5.75 Å². The molecule has 0 aromatic carbocycles. The minimum Gasteiger partial charge on any atom is -0.426 e. The second-order valence-corrected chi connectivity index (χ2v) is 2.21. The van der Waals surface area contributed by atoms with E-state index in [1.54, 1.807) is 0 Å². The first-order valence-electron chi connectivity index (χ1n) is 2.90. The van der Waals surface area contributed by atoms with E-state index < -0.39 is 7.12 Å². The van der Waals surface area contributed by atoms with Gasteiger partial charge in [0.25, 0.3) is 0 Å². The largest absolute Gasteiger partial charge is 0.472 e. The zero-order valence-electron chi connectivity index (χ0n) is 5.45. The van der Waals surface area contributed by atoms with Crippen LogP contribution in [0.1, 0.15) is 6.42 Å². The summed E-state index contributed by atoms with van der Waals surface area (Å²) in [5.41, 5.74) is 0. The molecule has 0 fully saturated rings. The monoisotopic (exact) mass is 163 g/mol. The summed E-state index contributed by atoms with van der Waals surface area (Å²) in [6.45, 7) is 0. The molecule has 0 spiro atoms. The fourth-order valence-corrected chi connectivity index (χ4v) is 0.598. The Labute approximate surface area is 65.2 Å². The maximum absolute atomic E-state index is 10.6. The number of carbonyl (C=O) groups is 1.